The van der Waals surface area contributed by atoms with Gasteiger partial charge in [-0.3, -0.25) is 0 Å². The van der Waals surface area contributed by atoms with Gasteiger partial charge in [0.05, 0.1) is 12.1 Å². The standard InChI is InChI=1S/C12H14N2O/c1-7(2)10-8-3-4-9(10)12-11(8)13-5-6-14(12)15/h5-6,8-9H,3-4H2,1-2H3/t8-,9+/m0/s1. The number of fused-ring (bicyclic) bond motifs is 5. The number of nitrogens with zero attached hydrogens (tertiary/aromatic N) is 2. The van der Waals surface area contributed by atoms with Gasteiger partial charge in [0, 0.05) is 5.92 Å². The highest BCUT2D eigenvalue weighted by molar-refractivity contribution is 5.46. The Morgan fingerprint density at radius 1 is 1.40 bits per heavy atom. The molecule has 2 atom stereocenters. The average Bonchev–Trinajstić information content (AvgIpc) is 2.73. The van der Waals surface area contributed by atoms with Crippen LogP contribution in [0.25, 0.3) is 0 Å². The van der Waals surface area contributed by atoms with Crippen LogP contribution < -0.4 is 4.73 Å². The fourth-order valence-electron chi connectivity index (χ4n) is 3.19. The van der Waals surface area contributed by atoms with Crippen molar-refractivity contribution in [1.82, 2.24) is 4.98 Å². The van der Waals surface area contributed by atoms with Crippen molar-refractivity contribution in [3.63, 3.8) is 0 Å². The van der Waals surface area contributed by atoms with Crippen molar-refractivity contribution in [3.05, 3.63) is 40.1 Å². The van der Waals surface area contributed by atoms with Crippen LogP contribution in [0.4, 0.5) is 0 Å². The van der Waals surface area contributed by atoms with Gasteiger partial charge in [-0.15, -0.1) is 0 Å². The lowest BCUT2D eigenvalue weighted by atomic mass is 10.00. The van der Waals surface area contributed by atoms with E-state index in [4.69, 9.17) is 0 Å². The molecule has 1 fully saturated rings. The summed E-state index contributed by atoms with van der Waals surface area (Å²) in [5.41, 5.74) is 4.75. The second kappa shape index (κ2) is 2.81. The Balaban J connectivity index is 2.26. The summed E-state index contributed by atoms with van der Waals surface area (Å²) in [6.45, 7) is 4.28. The van der Waals surface area contributed by atoms with Gasteiger partial charge in [0.15, 0.2) is 6.20 Å². The second-order valence-corrected chi connectivity index (χ2v) is 4.66. The summed E-state index contributed by atoms with van der Waals surface area (Å²) in [6.07, 6.45) is 5.42. The van der Waals surface area contributed by atoms with E-state index in [1.54, 1.807) is 6.20 Å². The van der Waals surface area contributed by atoms with Crippen molar-refractivity contribution in [2.45, 2.75) is 38.5 Å². The quantitative estimate of drug-likeness (QED) is 0.367. The highest BCUT2D eigenvalue weighted by Gasteiger charge is 2.48. The fourth-order valence-corrected chi connectivity index (χ4v) is 3.19. The van der Waals surface area contributed by atoms with Gasteiger partial charge >= 0.3 is 0 Å². The van der Waals surface area contributed by atoms with Crippen LogP contribution in [0.15, 0.2) is 23.5 Å². The summed E-state index contributed by atoms with van der Waals surface area (Å²) in [6, 6.07) is 0. The molecule has 0 N–H and O–H groups in total. The Kier molecular flexibility index (Phi) is 1.67. The number of hydrogen-bond donors (Lipinski definition) is 0. The first-order valence-corrected chi connectivity index (χ1v) is 5.45. The summed E-state index contributed by atoms with van der Waals surface area (Å²) in [7, 11) is 0. The SMILES string of the molecule is CC(C)=C1[C@H]2CC[C@@H]1c1ncc[n+]([O-])c12. The first-order chi connectivity index (χ1) is 7.20. The molecule has 1 aromatic rings. The Morgan fingerprint density at radius 3 is 2.80 bits per heavy atom. The lowest BCUT2D eigenvalue weighted by Gasteiger charge is -2.11. The van der Waals surface area contributed by atoms with Crippen LogP contribution >= 0.6 is 0 Å². The number of aromatic nitrogens is 2. The normalized spacial score (nSPS) is 26.9. The summed E-state index contributed by atoms with van der Waals surface area (Å²) >= 11 is 0. The van der Waals surface area contributed by atoms with Crippen molar-refractivity contribution in [2.75, 3.05) is 0 Å². The molecule has 0 spiro atoms. The van der Waals surface area contributed by atoms with Crippen LogP contribution in [0.3, 0.4) is 0 Å². The third kappa shape index (κ3) is 1.01. The largest absolute Gasteiger partial charge is 0.618 e. The molecule has 1 heterocycles. The number of allylic oxidation sites excluding steroid dienone is 2. The lowest BCUT2D eigenvalue weighted by Crippen LogP contribution is -2.33. The molecule has 15 heavy (non-hydrogen) atoms. The van der Waals surface area contributed by atoms with Crippen LogP contribution in [0, 0.1) is 5.21 Å². The van der Waals surface area contributed by atoms with E-state index in [0.29, 0.717) is 11.8 Å². The molecule has 0 radical (unpaired) electrons. The van der Waals surface area contributed by atoms with Crippen LogP contribution in [-0.4, -0.2) is 4.98 Å². The molecule has 0 aliphatic heterocycles. The van der Waals surface area contributed by atoms with E-state index in [1.165, 1.54) is 17.3 Å². The maximum absolute atomic E-state index is 11.7. The highest BCUT2D eigenvalue weighted by Crippen LogP contribution is 2.55. The van der Waals surface area contributed by atoms with Gasteiger partial charge in [-0.25, -0.2) is 4.98 Å². The number of rotatable bonds is 0. The fraction of sp³-hybridized carbons (Fsp3) is 0.500. The number of hydrogen-bond acceptors (Lipinski definition) is 2. The Labute approximate surface area is 89.0 Å². The van der Waals surface area contributed by atoms with E-state index >= 15 is 0 Å². The zero-order chi connectivity index (χ0) is 10.6. The van der Waals surface area contributed by atoms with Crippen molar-refractivity contribution in [1.29, 1.82) is 0 Å². The van der Waals surface area contributed by atoms with Crippen molar-refractivity contribution < 1.29 is 4.73 Å². The van der Waals surface area contributed by atoms with E-state index in [2.05, 4.69) is 18.8 Å². The average molecular weight is 202 g/mol. The third-order valence-electron chi connectivity index (χ3n) is 3.65. The summed E-state index contributed by atoms with van der Waals surface area (Å²) in [4.78, 5) is 4.38. The van der Waals surface area contributed by atoms with Gasteiger partial charge in [0.2, 0.25) is 5.69 Å². The van der Waals surface area contributed by atoms with Crippen LogP contribution in [0.1, 0.15) is 49.9 Å². The molecule has 3 nitrogen and oxygen atoms in total. The molecule has 2 bridgehead atoms. The Morgan fingerprint density at radius 2 is 2.13 bits per heavy atom. The van der Waals surface area contributed by atoms with Crippen LogP contribution in [-0.2, 0) is 0 Å². The van der Waals surface area contributed by atoms with Gasteiger partial charge < -0.3 is 5.21 Å². The minimum absolute atomic E-state index is 0.348. The van der Waals surface area contributed by atoms with Gasteiger partial charge in [0.1, 0.15) is 5.69 Å². The molecule has 1 aromatic heterocycles. The Hall–Kier alpha value is -1.38. The molecule has 0 saturated heterocycles. The van der Waals surface area contributed by atoms with Gasteiger partial charge in [-0.05, 0) is 32.3 Å². The predicted octanol–water partition coefficient (Wildman–Crippen LogP) is 2.03. The van der Waals surface area contributed by atoms with E-state index in [9.17, 15) is 5.21 Å². The summed E-state index contributed by atoms with van der Waals surface area (Å²) < 4.78 is 1.01. The van der Waals surface area contributed by atoms with Crippen molar-refractivity contribution >= 4 is 0 Å². The lowest BCUT2D eigenvalue weighted by molar-refractivity contribution is -0.615. The van der Waals surface area contributed by atoms with E-state index in [0.717, 1.165) is 29.0 Å². The van der Waals surface area contributed by atoms with E-state index < -0.39 is 0 Å². The van der Waals surface area contributed by atoms with Crippen LogP contribution in [0.2, 0.25) is 0 Å². The molecule has 3 rings (SSSR count). The van der Waals surface area contributed by atoms with Crippen molar-refractivity contribution in [2.24, 2.45) is 0 Å². The Bertz CT molecular complexity index is 461. The monoisotopic (exact) mass is 202 g/mol. The molecule has 0 unspecified atom stereocenters. The smallest absolute Gasteiger partial charge is 0.222 e. The molecule has 0 amide bonds. The maximum Gasteiger partial charge on any atom is 0.222 e. The van der Waals surface area contributed by atoms with Gasteiger partial charge in [-0.1, -0.05) is 5.57 Å². The minimum Gasteiger partial charge on any atom is -0.618 e. The topological polar surface area (TPSA) is 39.8 Å². The summed E-state index contributed by atoms with van der Waals surface area (Å²) in [5, 5.41) is 11.7. The minimum atomic E-state index is 0.348. The molecular formula is C12H14N2O. The zero-order valence-corrected chi connectivity index (χ0v) is 9.03. The predicted molar refractivity (Wildman–Crippen MR) is 56.3 cm³/mol. The van der Waals surface area contributed by atoms with E-state index in [1.807, 2.05) is 0 Å². The molecule has 0 aromatic carbocycles. The highest BCUT2D eigenvalue weighted by atomic mass is 16.5. The third-order valence-corrected chi connectivity index (χ3v) is 3.65. The first-order valence-electron chi connectivity index (χ1n) is 5.45. The molecule has 1 saturated carbocycles. The van der Waals surface area contributed by atoms with Crippen molar-refractivity contribution in [3.8, 4) is 0 Å². The maximum atomic E-state index is 11.7. The van der Waals surface area contributed by atoms with Crippen LogP contribution in [0.5, 0.6) is 0 Å². The first kappa shape index (κ1) is 8.89. The zero-order valence-electron chi connectivity index (χ0n) is 9.03. The summed E-state index contributed by atoms with van der Waals surface area (Å²) in [5.74, 6) is 0.776. The van der Waals surface area contributed by atoms with Gasteiger partial charge in [0.25, 0.3) is 0 Å². The molecular weight excluding hydrogens is 188 g/mol. The molecule has 2 aliphatic carbocycles. The molecule has 78 valence electrons. The molecule has 2 aliphatic rings. The molecule has 3 heteroatoms. The van der Waals surface area contributed by atoms with Gasteiger partial charge in [-0.2, -0.15) is 4.73 Å². The van der Waals surface area contributed by atoms with E-state index in [-0.39, 0.29) is 0 Å². The second-order valence-electron chi connectivity index (χ2n) is 4.66.